The van der Waals surface area contributed by atoms with Crippen LogP contribution in [-0.4, -0.2) is 269 Å². The quantitative estimate of drug-likeness (QED) is 0.0284. The zero-order chi connectivity index (χ0) is 74.0. The van der Waals surface area contributed by atoms with Crippen LogP contribution in [0.5, 0.6) is 11.5 Å². The smallest absolute Gasteiger partial charge is 0.330 e. The lowest BCUT2D eigenvalue weighted by molar-refractivity contribution is -0.163. The molecule has 1 aromatic heterocycles. The number of rotatable bonds is 33. The molecule has 3 amide bonds. The first kappa shape index (κ1) is 81.4. The van der Waals surface area contributed by atoms with Gasteiger partial charge < -0.3 is 64.0 Å². The molecule has 2 heterocycles. The Morgan fingerprint density at radius 1 is 0.644 bits per heavy atom. The number of esters is 3. The molecule has 0 radical (unpaired) electrons. The van der Waals surface area contributed by atoms with E-state index in [1.807, 2.05) is 106 Å². The van der Waals surface area contributed by atoms with Crippen LogP contribution in [0.4, 0.5) is 5.69 Å². The van der Waals surface area contributed by atoms with E-state index in [0.29, 0.717) is 100 Å². The Morgan fingerprint density at radius 2 is 1.14 bits per heavy atom. The first-order valence-corrected chi connectivity index (χ1v) is 36.3. The molecule has 4 N–H and O–H groups in total. The van der Waals surface area contributed by atoms with Crippen molar-refractivity contribution in [3.05, 3.63) is 53.7 Å². The number of hydrogen-bond donors (Lipinski definition) is 4. The highest BCUT2D eigenvalue weighted by Gasteiger charge is 2.62. The highest BCUT2D eigenvalue weighted by molar-refractivity contribution is 5.98. The molecule has 564 valence electrons. The first-order valence-electron chi connectivity index (χ1n) is 36.3. The molecule has 5 fully saturated rings. The van der Waals surface area contributed by atoms with Crippen LogP contribution in [0.3, 0.4) is 0 Å². The highest BCUT2D eigenvalue weighted by atomic mass is 16.6. The number of carbonyl (C=O) groups excluding carboxylic acids is 6. The summed E-state index contributed by atoms with van der Waals surface area (Å²) in [6.07, 6.45) is 5.13. The first-order chi connectivity index (χ1) is 47.6. The number of ether oxygens (including phenoxy) is 7. The number of nitrogens with one attached hydrogen (secondary N) is 3. The van der Waals surface area contributed by atoms with E-state index >= 15 is 0 Å². The molecule has 1 unspecified atom stereocenters. The monoisotopic (exact) mass is 1410 g/mol. The number of carbonyl (C=O) groups is 7. The second kappa shape index (κ2) is 37.0. The molecule has 5 aliphatic rings. The topological polar surface area (TPSA) is 278 Å². The number of aromatic nitrogens is 2. The summed E-state index contributed by atoms with van der Waals surface area (Å²) in [4.78, 5) is 106. The Kier molecular flexibility index (Phi) is 29.8. The van der Waals surface area contributed by atoms with E-state index in [9.17, 15) is 38.7 Å². The summed E-state index contributed by atoms with van der Waals surface area (Å²) < 4.78 is 42.0. The second-order valence-corrected chi connectivity index (χ2v) is 31.4. The molecule has 4 bridgehead atoms. The molecule has 0 spiro atoms. The SMILES string of the molecule is COc1cccc(OC)c1-c1cc(C(=O)NC2(C(=O)O)C3CC4CC(C3)CC2C4)nn1-c1ccc(N(C)CC(C)CNCCCN(C)C(=O)COCCOCCNC(=O)CN2CCN(CC(=O)OC(C)(C)C)CCN(CC(=O)OC(C)(C)C)CCN(CC(=O)OC(C)(C)C)CC2)cc1C(C)C. The Hall–Kier alpha value is -6.94. The lowest BCUT2D eigenvalue weighted by Gasteiger charge is -2.59. The fraction of sp³-hybridized carbons (Fsp3) is 0.707. The number of aliphatic carboxylic acids is 1. The third kappa shape index (κ3) is 24.6. The maximum atomic E-state index is 14.6. The maximum Gasteiger partial charge on any atom is 0.330 e. The van der Waals surface area contributed by atoms with Crippen molar-refractivity contribution < 1.29 is 71.8 Å². The van der Waals surface area contributed by atoms with Gasteiger partial charge in [-0.1, -0.05) is 26.8 Å². The molecule has 101 heavy (non-hydrogen) atoms. The van der Waals surface area contributed by atoms with Crippen LogP contribution >= 0.6 is 0 Å². The molecule has 1 atom stereocenters. The molecule has 2 aromatic carbocycles. The minimum absolute atomic E-state index is 0.0205. The summed E-state index contributed by atoms with van der Waals surface area (Å²) in [6.45, 7) is 30.0. The van der Waals surface area contributed by atoms with E-state index < -0.39 is 34.2 Å². The van der Waals surface area contributed by atoms with Gasteiger partial charge in [-0.05, 0) is 191 Å². The molecular formula is C75H119N11O15. The number of anilines is 1. The van der Waals surface area contributed by atoms with Crippen LogP contribution in [0.2, 0.25) is 0 Å². The summed E-state index contributed by atoms with van der Waals surface area (Å²) in [5.74, 6) is -0.829. The lowest BCUT2D eigenvalue weighted by atomic mass is 9.48. The van der Waals surface area contributed by atoms with E-state index in [2.05, 4.69) is 60.8 Å². The van der Waals surface area contributed by atoms with E-state index in [1.54, 1.807) is 36.9 Å². The van der Waals surface area contributed by atoms with Crippen molar-refractivity contribution in [2.24, 2.45) is 29.6 Å². The van der Waals surface area contributed by atoms with Crippen molar-refractivity contribution in [1.82, 2.24) is 50.2 Å². The van der Waals surface area contributed by atoms with Gasteiger partial charge in [-0.25, -0.2) is 9.48 Å². The summed E-state index contributed by atoms with van der Waals surface area (Å²) in [6, 6.07) is 13.5. The number of carboxylic acids is 1. The zero-order valence-electron chi connectivity index (χ0n) is 63.3. The fourth-order valence-corrected chi connectivity index (χ4v) is 14.6. The van der Waals surface area contributed by atoms with Gasteiger partial charge in [0.25, 0.3) is 5.91 Å². The number of methoxy groups -OCH3 is 2. The van der Waals surface area contributed by atoms with Crippen molar-refractivity contribution in [2.75, 3.05) is 171 Å². The highest BCUT2D eigenvalue weighted by Crippen LogP contribution is 2.58. The number of carboxylic acid groups (broad SMARTS) is 1. The number of nitrogens with zero attached hydrogens (tertiary/aromatic N) is 8. The lowest BCUT2D eigenvalue weighted by Crippen LogP contribution is -2.70. The third-order valence-corrected chi connectivity index (χ3v) is 19.2. The van der Waals surface area contributed by atoms with Crippen LogP contribution in [0, 0.1) is 29.6 Å². The molecule has 1 saturated heterocycles. The molecule has 26 nitrogen and oxygen atoms in total. The number of benzene rings is 2. The Labute approximate surface area is 599 Å². The van der Waals surface area contributed by atoms with Crippen molar-refractivity contribution in [3.63, 3.8) is 0 Å². The van der Waals surface area contributed by atoms with Gasteiger partial charge in [0.05, 0.1) is 77.2 Å². The van der Waals surface area contributed by atoms with Crippen molar-refractivity contribution in [2.45, 2.75) is 150 Å². The van der Waals surface area contributed by atoms with Gasteiger partial charge in [-0.2, -0.15) is 5.10 Å². The molecule has 4 aliphatic carbocycles. The minimum Gasteiger partial charge on any atom is -0.496 e. The largest absolute Gasteiger partial charge is 0.496 e. The third-order valence-electron chi connectivity index (χ3n) is 19.2. The fourth-order valence-electron chi connectivity index (χ4n) is 14.6. The summed E-state index contributed by atoms with van der Waals surface area (Å²) >= 11 is 0. The average Bonchev–Trinajstić information content (AvgIpc) is 1.17. The zero-order valence-corrected chi connectivity index (χ0v) is 63.3. The predicted molar refractivity (Wildman–Crippen MR) is 387 cm³/mol. The van der Waals surface area contributed by atoms with E-state index in [-0.39, 0.29) is 118 Å². The van der Waals surface area contributed by atoms with Crippen molar-refractivity contribution in [3.8, 4) is 28.4 Å². The molecular weight excluding hydrogens is 1290 g/mol. The predicted octanol–water partition coefficient (Wildman–Crippen LogP) is 6.60. The molecule has 4 saturated carbocycles. The van der Waals surface area contributed by atoms with Gasteiger partial charge in [0.2, 0.25) is 11.8 Å². The van der Waals surface area contributed by atoms with Crippen molar-refractivity contribution in [1.29, 1.82) is 0 Å². The van der Waals surface area contributed by atoms with Crippen LogP contribution < -0.4 is 30.3 Å². The number of likely N-dealkylation sites (N-methyl/N-ethyl adjacent to an activating group) is 1. The van der Waals surface area contributed by atoms with Crippen LogP contribution in [0.25, 0.3) is 16.9 Å². The standard InChI is InChI=1S/C75H119N11O15/c1-51(2)58-42-57(21-22-60(58)86-61(69-62(95-15)19-17-20-63(69)96-16)43-59(79-86)70(92)78-75(71(93)94)55-38-53-37-54(40-55)41-56(75)39-53)81(14)45-52(3)44-76-23-18-25-80(13)65(88)50-98-36-35-97-34-24-77-64(87)46-82-26-28-83(47-66(89)99-72(4,5)6)30-32-85(49-68(91)101-74(10,11)12)33-31-84(29-27-82)48-67(90)100-73(7,8)9/h17,19-22,42-43,51-56,76H,18,23-41,44-50H2,1-16H3,(H,77,87)(H,78,92)(H,93,94). The van der Waals surface area contributed by atoms with E-state index in [0.717, 1.165) is 68.6 Å². The van der Waals surface area contributed by atoms with E-state index in [1.165, 1.54) is 0 Å². The van der Waals surface area contributed by atoms with Crippen LogP contribution in [0.15, 0.2) is 42.5 Å². The van der Waals surface area contributed by atoms with Gasteiger partial charge in [0.1, 0.15) is 40.4 Å². The van der Waals surface area contributed by atoms with Crippen LogP contribution in [0.1, 0.15) is 144 Å². The Bertz CT molecular complexity index is 3150. The average molecular weight is 1410 g/mol. The van der Waals surface area contributed by atoms with E-state index in [4.69, 9.17) is 38.3 Å². The second-order valence-electron chi connectivity index (χ2n) is 31.4. The molecule has 8 rings (SSSR count). The van der Waals surface area contributed by atoms with Gasteiger partial charge in [-0.15, -0.1) is 0 Å². The number of amides is 3. The summed E-state index contributed by atoms with van der Waals surface area (Å²) in [5.41, 5.74) is 0.695. The maximum absolute atomic E-state index is 14.6. The van der Waals surface area contributed by atoms with Gasteiger partial charge >= 0.3 is 23.9 Å². The molecule has 26 heteroatoms. The minimum atomic E-state index is -1.35. The molecule has 1 aliphatic heterocycles. The summed E-state index contributed by atoms with van der Waals surface area (Å²) in [7, 11) is 7.01. The van der Waals surface area contributed by atoms with Gasteiger partial charge in [0, 0.05) is 91.8 Å². The van der Waals surface area contributed by atoms with Gasteiger partial charge in [-0.3, -0.25) is 48.4 Å². The molecule has 3 aromatic rings. The van der Waals surface area contributed by atoms with Crippen LogP contribution in [-0.2, 0) is 52.5 Å². The normalized spacial score (nSPS) is 20.7. The van der Waals surface area contributed by atoms with Gasteiger partial charge in [0.15, 0.2) is 5.69 Å². The Morgan fingerprint density at radius 3 is 1.61 bits per heavy atom. The Balaban J connectivity index is 0.836. The van der Waals surface area contributed by atoms with Crippen molar-refractivity contribution >= 4 is 47.3 Å². The summed E-state index contributed by atoms with van der Waals surface area (Å²) in [5, 5.41) is 25.5. The number of hydrogen-bond acceptors (Lipinski definition) is 21.